The standard InChI is InChI=1S/C20H23ClN4O2/c1-22-19(26)15-7-5-6-14(10-15)12-23-18-17(21)11-16(13-24-18)20(27)25-8-3-2-4-9-25/h5-7,10-11,13H,2-4,8-9,12H2,1H3,(H,22,26)(H,23,24). The molecule has 27 heavy (non-hydrogen) atoms. The predicted octanol–water partition coefficient (Wildman–Crippen LogP) is 3.33. The quantitative estimate of drug-likeness (QED) is 0.826. The van der Waals surface area contributed by atoms with Crippen molar-refractivity contribution in [3.8, 4) is 0 Å². The van der Waals surface area contributed by atoms with Crippen LogP contribution in [0, 0.1) is 0 Å². The first kappa shape index (κ1) is 19.2. The average Bonchev–Trinajstić information content (AvgIpc) is 2.72. The fourth-order valence-corrected chi connectivity index (χ4v) is 3.35. The Morgan fingerprint density at radius 1 is 1.15 bits per heavy atom. The highest BCUT2D eigenvalue weighted by Gasteiger charge is 2.19. The van der Waals surface area contributed by atoms with Gasteiger partial charge in [-0.3, -0.25) is 9.59 Å². The van der Waals surface area contributed by atoms with Crippen LogP contribution in [0.4, 0.5) is 5.82 Å². The van der Waals surface area contributed by atoms with E-state index in [0.29, 0.717) is 28.5 Å². The van der Waals surface area contributed by atoms with Crippen LogP contribution in [0.15, 0.2) is 36.5 Å². The fraction of sp³-hybridized carbons (Fsp3) is 0.350. The number of hydrogen-bond acceptors (Lipinski definition) is 4. The number of pyridine rings is 1. The second-order valence-corrected chi connectivity index (χ2v) is 6.95. The Morgan fingerprint density at radius 3 is 2.63 bits per heavy atom. The minimum Gasteiger partial charge on any atom is -0.365 e. The van der Waals surface area contributed by atoms with E-state index in [9.17, 15) is 9.59 Å². The molecular weight excluding hydrogens is 364 g/mol. The van der Waals surface area contributed by atoms with E-state index in [-0.39, 0.29) is 11.8 Å². The second kappa shape index (κ2) is 8.86. The van der Waals surface area contributed by atoms with E-state index in [4.69, 9.17) is 11.6 Å². The highest BCUT2D eigenvalue weighted by molar-refractivity contribution is 6.33. The Balaban J connectivity index is 1.66. The SMILES string of the molecule is CNC(=O)c1cccc(CNc2ncc(C(=O)N3CCCCC3)cc2Cl)c1. The van der Waals surface area contributed by atoms with Crippen molar-refractivity contribution in [1.29, 1.82) is 0 Å². The average molecular weight is 387 g/mol. The third kappa shape index (κ3) is 4.77. The predicted molar refractivity (Wildman–Crippen MR) is 106 cm³/mol. The first-order chi connectivity index (χ1) is 13.1. The van der Waals surface area contributed by atoms with Crippen LogP contribution in [0.25, 0.3) is 0 Å². The summed E-state index contributed by atoms with van der Waals surface area (Å²) in [5.74, 6) is 0.361. The summed E-state index contributed by atoms with van der Waals surface area (Å²) in [4.78, 5) is 30.4. The number of amides is 2. The number of halogens is 1. The molecule has 0 aliphatic carbocycles. The summed E-state index contributed by atoms with van der Waals surface area (Å²) < 4.78 is 0. The van der Waals surface area contributed by atoms with Gasteiger partial charge in [-0.2, -0.15) is 0 Å². The van der Waals surface area contributed by atoms with Crippen LogP contribution in [0.1, 0.15) is 45.5 Å². The summed E-state index contributed by atoms with van der Waals surface area (Å²) in [6.07, 6.45) is 4.82. The molecule has 0 radical (unpaired) electrons. The molecule has 1 saturated heterocycles. The van der Waals surface area contributed by atoms with Gasteiger partial charge in [-0.05, 0) is 43.0 Å². The lowest BCUT2D eigenvalue weighted by Gasteiger charge is -2.26. The van der Waals surface area contributed by atoms with Crippen LogP contribution in [0.3, 0.4) is 0 Å². The van der Waals surface area contributed by atoms with Crippen molar-refractivity contribution in [1.82, 2.24) is 15.2 Å². The summed E-state index contributed by atoms with van der Waals surface area (Å²) in [6.45, 7) is 2.05. The monoisotopic (exact) mass is 386 g/mol. The molecule has 2 heterocycles. The first-order valence-electron chi connectivity index (χ1n) is 9.08. The van der Waals surface area contributed by atoms with Gasteiger partial charge < -0.3 is 15.5 Å². The second-order valence-electron chi connectivity index (χ2n) is 6.54. The fourth-order valence-electron chi connectivity index (χ4n) is 3.12. The van der Waals surface area contributed by atoms with Crippen molar-refractivity contribution in [2.45, 2.75) is 25.8 Å². The zero-order chi connectivity index (χ0) is 19.2. The topological polar surface area (TPSA) is 74.3 Å². The van der Waals surface area contributed by atoms with Gasteiger partial charge in [0.05, 0.1) is 10.6 Å². The molecule has 1 aliphatic rings. The first-order valence-corrected chi connectivity index (χ1v) is 9.46. The number of nitrogens with one attached hydrogen (secondary N) is 2. The highest BCUT2D eigenvalue weighted by atomic mass is 35.5. The molecule has 6 nitrogen and oxygen atoms in total. The minimum absolute atomic E-state index is 0.0195. The zero-order valence-electron chi connectivity index (χ0n) is 15.3. The molecule has 1 aromatic heterocycles. The maximum atomic E-state index is 12.5. The number of nitrogens with zero attached hydrogens (tertiary/aromatic N) is 2. The van der Waals surface area contributed by atoms with E-state index in [2.05, 4.69) is 15.6 Å². The Kier molecular flexibility index (Phi) is 6.29. The molecule has 2 amide bonds. The number of rotatable bonds is 5. The van der Waals surface area contributed by atoms with Gasteiger partial charge in [0.2, 0.25) is 0 Å². The van der Waals surface area contributed by atoms with E-state index in [1.807, 2.05) is 23.1 Å². The van der Waals surface area contributed by atoms with Crippen molar-refractivity contribution in [3.63, 3.8) is 0 Å². The molecule has 0 atom stereocenters. The van der Waals surface area contributed by atoms with Gasteiger partial charge in [-0.25, -0.2) is 4.98 Å². The molecule has 142 valence electrons. The molecule has 7 heteroatoms. The number of likely N-dealkylation sites (tertiary alicyclic amines) is 1. The van der Waals surface area contributed by atoms with E-state index in [1.54, 1.807) is 25.4 Å². The van der Waals surface area contributed by atoms with Crippen LogP contribution in [0.5, 0.6) is 0 Å². The minimum atomic E-state index is -0.131. The van der Waals surface area contributed by atoms with E-state index in [0.717, 1.165) is 31.5 Å². The maximum Gasteiger partial charge on any atom is 0.255 e. The lowest BCUT2D eigenvalue weighted by molar-refractivity contribution is 0.0723. The third-order valence-corrected chi connectivity index (χ3v) is 4.90. The molecule has 0 bridgehead atoms. The smallest absolute Gasteiger partial charge is 0.255 e. The normalized spacial score (nSPS) is 13.9. The number of aromatic nitrogens is 1. The van der Waals surface area contributed by atoms with Gasteiger partial charge in [-0.1, -0.05) is 23.7 Å². The lowest BCUT2D eigenvalue weighted by atomic mass is 10.1. The van der Waals surface area contributed by atoms with Crippen molar-refractivity contribution >= 4 is 29.2 Å². The number of hydrogen-bond donors (Lipinski definition) is 2. The molecule has 2 N–H and O–H groups in total. The van der Waals surface area contributed by atoms with Gasteiger partial charge in [0.15, 0.2) is 0 Å². The third-order valence-electron chi connectivity index (χ3n) is 4.61. The Labute approximate surface area is 163 Å². The highest BCUT2D eigenvalue weighted by Crippen LogP contribution is 2.22. The summed E-state index contributed by atoms with van der Waals surface area (Å²) >= 11 is 6.32. The van der Waals surface area contributed by atoms with Gasteiger partial charge in [0.25, 0.3) is 11.8 Å². The van der Waals surface area contributed by atoms with Crippen LogP contribution in [-0.2, 0) is 6.54 Å². The van der Waals surface area contributed by atoms with Crippen LogP contribution in [-0.4, -0.2) is 41.8 Å². The molecule has 1 aromatic carbocycles. The molecule has 2 aromatic rings. The number of carbonyl (C=O) groups is 2. The van der Waals surface area contributed by atoms with Gasteiger partial charge >= 0.3 is 0 Å². The maximum absolute atomic E-state index is 12.5. The van der Waals surface area contributed by atoms with Crippen LogP contribution in [0.2, 0.25) is 5.02 Å². The van der Waals surface area contributed by atoms with Gasteiger partial charge in [0, 0.05) is 38.4 Å². The summed E-state index contributed by atoms with van der Waals surface area (Å²) in [5, 5.41) is 6.17. The summed E-state index contributed by atoms with van der Waals surface area (Å²) in [6, 6.07) is 8.98. The number of benzene rings is 1. The Hall–Kier alpha value is -2.60. The molecule has 0 unspecified atom stereocenters. The van der Waals surface area contributed by atoms with Gasteiger partial charge in [-0.15, -0.1) is 0 Å². The van der Waals surface area contributed by atoms with Crippen LogP contribution >= 0.6 is 11.6 Å². The largest absolute Gasteiger partial charge is 0.365 e. The van der Waals surface area contributed by atoms with Crippen molar-refractivity contribution in [2.75, 3.05) is 25.5 Å². The summed E-state index contributed by atoms with van der Waals surface area (Å²) in [5.41, 5.74) is 2.04. The lowest BCUT2D eigenvalue weighted by Crippen LogP contribution is -2.35. The summed E-state index contributed by atoms with van der Waals surface area (Å²) in [7, 11) is 1.60. The van der Waals surface area contributed by atoms with Crippen molar-refractivity contribution in [2.24, 2.45) is 0 Å². The molecule has 1 fully saturated rings. The molecule has 3 rings (SSSR count). The van der Waals surface area contributed by atoms with Crippen molar-refractivity contribution in [3.05, 3.63) is 58.2 Å². The zero-order valence-corrected chi connectivity index (χ0v) is 16.1. The van der Waals surface area contributed by atoms with E-state index >= 15 is 0 Å². The Morgan fingerprint density at radius 2 is 1.93 bits per heavy atom. The van der Waals surface area contributed by atoms with Crippen LogP contribution < -0.4 is 10.6 Å². The van der Waals surface area contributed by atoms with Crippen molar-refractivity contribution < 1.29 is 9.59 Å². The number of piperidine rings is 1. The molecule has 0 saturated carbocycles. The number of anilines is 1. The molecule has 0 spiro atoms. The molecule has 1 aliphatic heterocycles. The Bertz CT molecular complexity index is 834. The van der Waals surface area contributed by atoms with E-state index in [1.165, 1.54) is 6.42 Å². The van der Waals surface area contributed by atoms with Gasteiger partial charge in [0.1, 0.15) is 5.82 Å². The number of carbonyl (C=O) groups excluding carboxylic acids is 2. The van der Waals surface area contributed by atoms with E-state index < -0.39 is 0 Å². The molecular formula is C20H23ClN4O2.